The van der Waals surface area contributed by atoms with Crippen molar-refractivity contribution in [3.63, 3.8) is 0 Å². The molecule has 0 radical (unpaired) electrons. The number of rotatable bonds is 1. The fourth-order valence-electron chi connectivity index (χ4n) is 1.76. The largest absolute Gasteiger partial charge is 0.338 e. The summed E-state index contributed by atoms with van der Waals surface area (Å²) in [4.78, 5) is 24.7. The minimum absolute atomic E-state index is 0.0222. The monoisotopic (exact) mass is 242 g/mol. The number of carbonyl (C=O) groups excluding carboxylic acids is 2. The molecule has 1 heterocycles. The molecule has 0 spiro atoms. The van der Waals surface area contributed by atoms with Crippen LogP contribution in [0.1, 0.15) is 22.3 Å². The van der Waals surface area contributed by atoms with Gasteiger partial charge in [-0.3, -0.25) is 9.59 Å². The smallest absolute Gasteiger partial charge is 0.237 e. The van der Waals surface area contributed by atoms with E-state index in [-0.39, 0.29) is 11.7 Å². The van der Waals surface area contributed by atoms with E-state index in [0.29, 0.717) is 18.4 Å². The van der Waals surface area contributed by atoms with Crippen LogP contribution in [0.25, 0.3) is 0 Å². The summed E-state index contributed by atoms with van der Waals surface area (Å²) in [5.41, 5.74) is 2.36. The Kier molecular flexibility index (Phi) is 3.33. The summed E-state index contributed by atoms with van der Waals surface area (Å²) in [6.45, 7) is 0. The lowest BCUT2D eigenvalue weighted by atomic mass is 9.99. The summed E-state index contributed by atoms with van der Waals surface area (Å²) in [7, 11) is 3.56. The van der Waals surface area contributed by atoms with Crippen molar-refractivity contribution in [2.75, 3.05) is 19.4 Å². The predicted octanol–water partition coefficient (Wildman–Crippen LogP) is 1.28. The van der Waals surface area contributed by atoms with Gasteiger partial charge >= 0.3 is 0 Å². The molecule has 1 aromatic rings. The van der Waals surface area contributed by atoms with Crippen molar-refractivity contribution in [3.8, 4) is 12.0 Å². The van der Waals surface area contributed by atoms with Gasteiger partial charge in [-0.1, -0.05) is 0 Å². The number of benzene rings is 1. The molecular weight excluding hydrogens is 228 g/mol. The molecule has 1 amide bonds. The molecule has 1 aromatic carbocycles. The van der Waals surface area contributed by atoms with Crippen LogP contribution in [0.3, 0.4) is 0 Å². The van der Waals surface area contributed by atoms with Gasteiger partial charge < -0.3 is 10.2 Å². The van der Waals surface area contributed by atoms with E-state index in [9.17, 15) is 9.59 Å². The molecule has 0 atom stereocenters. The number of ketones is 1. The zero-order valence-corrected chi connectivity index (χ0v) is 10.4. The zero-order chi connectivity index (χ0) is 13.1. The van der Waals surface area contributed by atoms with Crippen molar-refractivity contribution < 1.29 is 9.59 Å². The van der Waals surface area contributed by atoms with E-state index in [1.807, 2.05) is 0 Å². The highest BCUT2D eigenvalue weighted by Gasteiger charge is 2.15. The summed E-state index contributed by atoms with van der Waals surface area (Å²) in [5.74, 6) is 2.38. The molecule has 92 valence electrons. The standard InChI is InChI=1S/C14H14N2O2/c1-16(2)8-7-13(17)11-3-5-12-10(9-11)4-6-14(18)15-12/h3,5,9H,4,6H2,1-2H3,(H,15,18). The average Bonchev–Trinajstić information content (AvgIpc) is 2.35. The van der Waals surface area contributed by atoms with E-state index in [2.05, 4.69) is 17.3 Å². The number of carbonyl (C=O) groups is 2. The van der Waals surface area contributed by atoms with Crippen molar-refractivity contribution in [1.29, 1.82) is 0 Å². The molecule has 1 aliphatic rings. The van der Waals surface area contributed by atoms with Gasteiger partial charge in [0.1, 0.15) is 0 Å². The molecule has 0 bridgehead atoms. The van der Waals surface area contributed by atoms with E-state index < -0.39 is 0 Å². The van der Waals surface area contributed by atoms with E-state index in [1.165, 1.54) is 0 Å². The number of anilines is 1. The van der Waals surface area contributed by atoms with Crippen LogP contribution in [0.4, 0.5) is 5.69 Å². The zero-order valence-electron chi connectivity index (χ0n) is 10.4. The molecule has 2 rings (SSSR count). The fourth-order valence-corrected chi connectivity index (χ4v) is 1.76. The van der Waals surface area contributed by atoms with Gasteiger partial charge in [0.25, 0.3) is 0 Å². The number of Topliss-reactive ketones (excluding diaryl/α,β-unsaturated/α-hetero) is 1. The Hall–Kier alpha value is -2.28. The van der Waals surface area contributed by atoms with Gasteiger partial charge in [-0.2, -0.15) is 0 Å². The summed E-state index contributed by atoms with van der Waals surface area (Å²) < 4.78 is 0. The van der Waals surface area contributed by atoms with Crippen molar-refractivity contribution >= 4 is 17.4 Å². The highest BCUT2D eigenvalue weighted by molar-refractivity contribution is 6.09. The first kappa shape index (κ1) is 12.2. The topological polar surface area (TPSA) is 49.4 Å². The third-order valence-electron chi connectivity index (χ3n) is 2.66. The molecule has 1 N–H and O–H groups in total. The Morgan fingerprint density at radius 2 is 2.11 bits per heavy atom. The van der Waals surface area contributed by atoms with Crippen LogP contribution in [-0.2, 0) is 11.2 Å². The molecule has 4 nitrogen and oxygen atoms in total. The number of aryl methyl sites for hydroxylation is 1. The summed E-state index contributed by atoms with van der Waals surface area (Å²) in [6.07, 6.45) is 1.14. The molecule has 18 heavy (non-hydrogen) atoms. The second-order valence-electron chi connectivity index (χ2n) is 4.38. The third kappa shape index (κ3) is 2.69. The van der Waals surface area contributed by atoms with Crippen LogP contribution in [0.15, 0.2) is 18.2 Å². The average molecular weight is 242 g/mol. The molecule has 1 aliphatic heterocycles. The van der Waals surface area contributed by atoms with Crippen LogP contribution in [0.2, 0.25) is 0 Å². The third-order valence-corrected chi connectivity index (χ3v) is 2.66. The second kappa shape index (κ2) is 4.92. The molecule has 0 aromatic heterocycles. The lowest BCUT2D eigenvalue weighted by molar-refractivity contribution is -0.116. The highest BCUT2D eigenvalue weighted by Crippen LogP contribution is 2.23. The first-order valence-electron chi connectivity index (χ1n) is 5.72. The van der Waals surface area contributed by atoms with E-state index in [0.717, 1.165) is 11.3 Å². The Morgan fingerprint density at radius 3 is 2.83 bits per heavy atom. The van der Waals surface area contributed by atoms with Gasteiger partial charge in [0.05, 0.1) is 0 Å². The SMILES string of the molecule is CN(C)C#CC(=O)c1ccc2c(c1)CCC(=O)N2. The van der Waals surface area contributed by atoms with Crippen molar-refractivity contribution in [3.05, 3.63) is 29.3 Å². The second-order valence-corrected chi connectivity index (χ2v) is 4.38. The number of amides is 1. The molecule has 4 heteroatoms. The fraction of sp³-hybridized carbons (Fsp3) is 0.286. The number of fused-ring (bicyclic) bond motifs is 1. The maximum Gasteiger partial charge on any atom is 0.237 e. The number of hydrogen-bond acceptors (Lipinski definition) is 3. The molecule has 0 saturated carbocycles. The van der Waals surface area contributed by atoms with Gasteiger partial charge in [0, 0.05) is 37.8 Å². The Labute approximate surface area is 106 Å². The van der Waals surface area contributed by atoms with Crippen LogP contribution in [-0.4, -0.2) is 30.7 Å². The molecule has 0 unspecified atom stereocenters. The van der Waals surface area contributed by atoms with Gasteiger partial charge in [0.2, 0.25) is 11.7 Å². The maximum atomic E-state index is 11.8. The van der Waals surface area contributed by atoms with Crippen LogP contribution >= 0.6 is 0 Å². The van der Waals surface area contributed by atoms with Gasteiger partial charge in [0.15, 0.2) is 0 Å². The minimum atomic E-state index is -0.205. The number of nitrogens with one attached hydrogen (secondary N) is 1. The quantitative estimate of drug-likeness (QED) is 0.458. The Morgan fingerprint density at radius 1 is 1.33 bits per heavy atom. The summed E-state index contributed by atoms with van der Waals surface area (Å²) in [5, 5.41) is 2.78. The Bertz CT molecular complexity index is 565. The van der Waals surface area contributed by atoms with Crippen molar-refractivity contribution in [2.24, 2.45) is 0 Å². The summed E-state index contributed by atoms with van der Waals surface area (Å²) >= 11 is 0. The van der Waals surface area contributed by atoms with Crippen molar-refractivity contribution in [1.82, 2.24) is 4.90 Å². The van der Waals surface area contributed by atoms with Gasteiger partial charge in [-0.05, 0) is 36.1 Å². The first-order chi connectivity index (χ1) is 8.56. The number of nitrogens with zero attached hydrogens (tertiary/aromatic N) is 1. The van der Waals surface area contributed by atoms with Gasteiger partial charge in [-0.25, -0.2) is 0 Å². The predicted molar refractivity (Wildman–Crippen MR) is 69.2 cm³/mol. The number of hydrogen-bond donors (Lipinski definition) is 1. The lowest BCUT2D eigenvalue weighted by Gasteiger charge is -2.16. The first-order valence-corrected chi connectivity index (χ1v) is 5.72. The Balaban J connectivity index is 2.25. The maximum absolute atomic E-state index is 11.8. The molecular formula is C14H14N2O2. The normalized spacial score (nSPS) is 12.9. The van der Waals surface area contributed by atoms with Gasteiger partial charge in [-0.15, -0.1) is 0 Å². The van der Waals surface area contributed by atoms with Crippen LogP contribution in [0.5, 0.6) is 0 Å². The van der Waals surface area contributed by atoms with E-state index >= 15 is 0 Å². The highest BCUT2D eigenvalue weighted by atomic mass is 16.1. The van der Waals surface area contributed by atoms with E-state index in [1.54, 1.807) is 37.2 Å². The van der Waals surface area contributed by atoms with E-state index in [4.69, 9.17) is 0 Å². The lowest BCUT2D eigenvalue weighted by Crippen LogP contribution is -2.19. The molecule has 0 aliphatic carbocycles. The minimum Gasteiger partial charge on any atom is -0.338 e. The van der Waals surface area contributed by atoms with Crippen LogP contribution < -0.4 is 5.32 Å². The van der Waals surface area contributed by atoms with Crippen molar-refractivity contribution in [2.45, 2.75) is 12.8 Å². The molecule has 0 fully saturated rings. The molecule has 0 saturated heterocycles. The summed E-state index contributed by atoms with van der Waals surface area (Å²) in [6, 6.07) is 7.95. The van der Waals surface area contributed by atoms with Crippen LogP contribution in [0, 0.1) is 12.0 Å².